The van der Waals surface area contributed by atoms with Crippen LogP contribution in [0.2, 0.25) is 5.02 Å². The molecule has 0 saturated heterocycles. The Morgan fingerprint density at radius 3 is 2.27 bits per heavy atom. The molecule has 2 rings (SSSR count). The molecule has 166 valence electrons. The van der Waals surface area contributed by atoms with Crippen LogP contribution in [0.3, 0.4) is 0 Å². The van der Waals surface area contributed by atoms with Gasteiger partial charge in [-0.25, -0.2) is 4.79 Å². The quantitative estimate of drug-likeness (QED) is 0.440. The number of benzene rings is 1. The van der Waals surface area contributed by atoms with E-state index in [1.165, 1.54) is 11.9 Å². The third-order valence-corrected chi connectivity index (χ3v) is 5.46. The maximum absolute atomic E-state index is 12.7. The molecule has 2 aromatic rings. The van der Waals surface area contributed by atoms with Crippen LogP contribution < -0.4 is 10.0 Å². The Balaban J connectivity index is 2.13. The van der Waals surface area contributed by atoms with E-state index in [0.717, 1.165) is 64.8 Å². The van der Waals surface area contributed by atoms with Gasteiger partial charge in [0.05, 0.1) is 5.69 Å². The van der Waals surface area contributed by atoms with E-state index in [1.54, 1.807) is 0 Å². The van der Waals surface area contributed by atoms with Crippen molar-refractivity contribution in [2.75, 3.05) is 19.4 Å². The molecule has 0 fully saturated rings. The molecule has 0 saturated carbocycles. The molecule has 2 amide bonds. The molecule has 1 aromatic carbocycles. The first-order valence-electron chi connectivity index (χ1n) is 10.5. The Kier molecular flexibility index (Phi) is 9.52. The van der Waals surface area contributed by atoms with Crippen molar-refractivity contribution in [1.82, 2.24) is 19.4 Å². The molecular formula is C22H34ClN5OS. The molecule has 30 heavy (non-hydrogen) atoms. The minimum atomic E-state index is -0.259. The van der Waals surface area contributed by atoms with Gasteiger partial charge in [-0.1, -0.05) is 38.3 Å². The first-order chi connectivity index (χ1) is 14.2. The molecule has 1 aromatic heterocycles. The summed E-state index contributed by atoms with van der Waals surface area (Å²) in [5, 5.41) is 9.18. The standard InChI is InChI=1S/C22H34ClN5OS/c1-7-9-16-11-18(23)12-17(10-8-2)21(16)24-22(29)26-30-20-13-19(14-27(5)6)28(25-20)15(3)4/h11-13,15H,7-10,14H2,1-6H3,(H2,24,26,29). The van der Waals surface area contributed by atoms with Crippen LogP contribution in [0.5, 0.6) is 0 Å². The smallest absolute Gasteiger partial charge is 0.307 e. The second kappa shape index (κ2) is 11.6. The molecule has 1 heterocycles. The van der Waals surface area contributed by atoms with Gasteiger partial charge < -0.3 is 10.2 Å². The minimum Gasteiger partial charge on any atom is -0.307 e. The number of nitrogens with zero attached hydrogens (tertiary/aromatic N) is 3. The van der Waals surface area contributed by atoms with E-state index < -0.39 is 0 Å². The van der Waals surface area contributed by atoms with Crippen LogP contribution in [0.25, 0.3) is 0 Å². The fraction of sp³-hybridized carbons (Fsp3) is 0.545. The highest BCUT2D eigenvalue weighted by Gasteiger charge is 2.15. The summed E-state index contributed by atoms with van der Waals surface area (Å²) >= 11 is 7.53. The Labute approximate surface area is 189 Å². The summed E-state index contributed by atoms with van der Waals surface area (Å²) < 4.78 is 4.88. The average molecular weight is 452 g/mol. The van der Waals surface area contributed by atoms with Crippen molar-refractivity contribution < 1.29 is 4.79 Å². The third kappa shape index (κ3) is 6.93. The zero-order valence-electron chi connectivity index (χ0n) is 18.9. The fourth-order valence-corrected chi connectivity index (χ4v) is 4.24. The topological polar surface area (TPSA) is 62.2 Å². The number of rotatable bonds is 10. The van der Waals surface area contributed by atoms with Crippen molar-refractivity contribution in [2.24, 2.45) is 0 Å². The number of hydrogen-bond acceptors (Lipinski definition) is 4. The lowest BCUT2D eigenvalue weighted by molar-refractivity contribution is 0.257. The predicted molar refractivity (Wildman–Crippen MR) is 127 cm³/mol. The number of urea groups is 1. The second-order valence-electron chi connectivity index (χ2n) is 8.01. The summed E-state index contributed by atoms with van der Waals surface area (Å²) in [5.74, 6) is 0. The number of anilines is 1. The lowest BCUT2D eigenvalue weighted by Crippen LogP contribution is -2.24. The van der Waals surface area contributed by atoms with Gasteiger partial charge in [0.25, 0.3) is 0 Å². The van der Waals surface area contributed by atoms with E-state index in [4.69, 9.17) is 11.6 Å². The first-order valence-corrected chi connectivity index (χ1v) is 11.7. The van der Waals surface area contributed by atoms with Gasteiger partial charge in [-0.05, 0) is 70.1 Å². The maximum Gasteiger partial charge on any atom is 0.329 e. The van der Waals surface area contributed by atoms with Gasteiger partial charge in [0.15, 0.2) is 0 Å². The van der Waals surface area contributed by atoms with Gasteiger partial charge in [0.1, 0.15) is 5.03 Å². The number of carbonyl (C=O) groups is 1. The lowest BCUT2D eigenvalue weighted by atomic mass is 10.00. The number of aryl methyl sites for hydroxylation is 2. The molecule has 0 radical (unpaired) electrons. The van der Waals surface area contributed by atoms with Crippen LogP contribution >= 0.6 is 23.5 Å². The summed E-state index contributed by atoms with van der Waals surface area (Å²) in [6.45, 7) is 9.24. The van der Waals surface area contributed by atoms with Crippen molar-refractivity contribution in [3.63, 3.8) is 0 Å². The average Bonchev–Trinajstić information content (AvgIpc) is 3.05. The van der Waals surface area contributed by atoms with E-state index >= 15 is 0 Å². The van der Waals surface area contributed by atoms with Gasteiger partial charge in [-0.3, -0.25) is 9.40 Å². The normalized spacial score (nSPS) is 11.4. The number of aromatic nitrogens is 2. The lowest BCUT2D eigenvalue weighted by Gasteiger charge is -2.16. The SMILES string of the molecule is CCCc1cc(Cl)cc(CCC)c1NC(=O)NSc1cc(CN(C)C)n(C(C)C)n1. The molecule has 8 heteroatoms. The van der Waals surface area contributed by atoms with Crippen LogP contribution in [0.1, 0.15) is 63.4 Å². The summed E-state index contributed by atoms with van der Waals surface area (Å²) in [6, 6.07) is 5.92. The Hall–Kier alpha value is -1.70. The van der Waals surface area contributed by atoms with E-state index in [0.29, 0.717) is 0 Å². The van der Waals surface area contributed by atoms with E-state index in [9.17, 15) is 4.79 Å². The Bertz CT molecular complexity index is 823. The zero-order valence-corrected chi connectivity index (χ0v) is 20.5. The summed E-state index contributed by atoms with van der Waals surface area (Å²) in [5.41, 5.74) is 4.15. The monoisotopic (exact) mass is 451 g/mol. The predicted octanol–water partition coefficient (Wildman–Crippen LogP) is 5.91. The van der Waals surface area contributed by atoms with Gasteiger partial charge >= 0.3 is 6.03 Å². The van der Waals surface area contributed by atoms with Crippen LogP contribution in [-0.2, 0) is 19.4 Å². The van der Waals surface area contributed by atoms with Crippen molar-refractivity contribution in [1.29, 1.82) is 0 Å². The van der Waals surface area contributed by atoms with Crippen molar-refractivity contribution in [3.05, 3.63) is 40.0 Å². The molecular weight excluding hydrogens is 418 g/mol. The molecule has 0 atom stereocenters. The van der Waals surface area contributed by atoms with Gasteiger partial charge in [-0.2, -0.15) is 5.10 Å². The molecule has 2 N–H and O–H groups in total. The Morgan fingerprint density at radius 2 is 1.77 bits per heavy atom. The second-order valence-corrected chi connectivity index (χ2v) is 9.27. The molecule has 0 bridgehead atoms. The summed E-state index contributed by atoms with van der Waals surface area (Å²) in [6.07, 6.45) is 3.70. The minimum absolute atomic E-state index is 0.255. The number of nitrogens with one attached hydrogen (secondary N) is 2. The largest absolute Gasteiger partial charge is 0.329 e. The number of amides is 2. The van der Waals surface area contributed by atoms with E-state index in [-0.39, 0.29) is 12.1 Å². The van der Waals surface area contributed by atoms with E-state index in [1.807, 2.05) is 37.0 Å². The van der Waals surface area contributed by atoms with Crippen molar-refractivity contribution >= 4 is 35.3 Å². The fourth-order valence-electron chi connectivity index (χ4n) is 3.40. The molecule has 0 aliphatic rings. The number of carbonyl (C=O) groups excluding carboxylic acids is 1. The molecule has 0 spiro atoms. The molecule has 0 unspecified atom stereocenters. The third-order valence-electron chi connectivity index (χ3n) is 4.55. The zero-order chi connectivity index (χ0) is 22.3. The molecule has 0 aliphatic carbocycles. The van der Waals surface area contributed by atoms with Crippen LogP contribution in [-0.4, -0.2) is 34.8 Å². The van der Waals surface area contributed by atoms with Gasteiger partial charge in [-0.15, -0.1) is 0 Å². The van der Waals surface area contributed by atoms with Crippen LogP contribution in [0, 0.1) is 0 Å². The van der Waals surface area contributed by atoms with E-state index in [2.05, 4.69) is 47.7 Å². The maximum atomic E-state index is 12.7. The first kappa shape index (κ1) is 24.6. The summed E-state index contributed by atoms with van der Waals surface area (Å²) in [4.78, 5) is 14.8. The summed E-state index contributed by atoms with van der Waals surface area (Å²) in [7, 11) is 4.06. The molecule has 0 aliphatic heterocycles. The highest BCUT2D eigenvalue weighted by molar-refractivity contribution is 7.97. The number of hydrogen-bond donors (Lipinski definition) is 2. The molecule has 6 nitrogen and oxygen atoms in total. The Morgan fingerprint density at radius 1 is 1.17 bits per heavy atom. The number of halogens is 1. The van der Waals surface area contributed by atoms with Gasteiger partial charge in [0, 0.05) is 35.2 Å². The van der Waals surface area contributed by atoms with Crippen molar-refractivity contribution in [3.8, 4) is 0 Å². The van der Waals surface area contributed by atoms with Crippen molar-refractivity contribution in [2.45, 2.75) is 71.0 Å². The van der Waals surface area contributed by atoms with Gasteiger partial charge in [0.2, 0.25) is 0 Å². The highest BCUT2D eigenvalue weighted by atomic mass is 35.5. The van der Waals surface area contributed by atoms with Crippen LogP contribution in [0.4, 0.5) is 10.5 Å². The van der Waals surface area contributed by atoms with Crippen LogP contribution in [0.15, 0.2) is 23.2 Å². The highest BCUT2D eigenvalue weighted by Crippen LogP contribution is 2.29.